The molecular weight excluding hydrogens is 292 g/mol. The SMILES string of the molecule is CCNC(=O)c1ccc(C(=O)N2CCN(CC(C)C)CC2)nc1. The summed E-state index contributed by atoms with van der Waals surface area (Å²) in [6.45, 7) is 11.2. The fraction of sp³-hybridized carbons (Fsp3) is 0.588. The second kappa shape index (κ2) is 8.06. The molecular formula is C17H26N4O2. The van der Waals surface area contributed by atoms with Gasteiger partial charge in [-0.1, -0.05) is 13.8 Å². The molecule has 2 amide bonds. The van der Waals surface area contributed by atoms with Gasteiger partial charge in [0.25, 0.3) is 11.8 Å². The Morgan fingerprint density at radius 1 is 1.22 bits per heavy atom. The van der Waals surface area contributed by atoms with Gasteiger partial charge in [0.05, 0.1) is 5.56 Å². The number of amides is 2. The van der Waals surface area contributed by atoms with Crippen molar-refractivity contribution in [2.45, 2.75) is 20.8 Å². The lowest BCUT2D eigenvalue weighted by molar-refractivity contribution is 0.0617. The summed E-state index contributed by atoms with van der Waals surface area (Å²) in [6.07, 6.45) is 1.47. The van der Waals surface area contributed by atoms with Gasteiger partial charge < -0.3 is 10.2 Å². The van der Waals surface area contributed by atoms with Gasteiger partial charge in [0.15, 0.2) is 0 Å². The van der Waals surface area contributed by atoms with Crippen molar-refractivity contribution in [3.63, 3.8) is 0 Å². The zero-order valence-corrected chi connectivity index (χ0v) is 14.2. The van der Waals surface area contributed by atoms with Gasteiger partial charge in [-0.2, -0.15) is 0 Å². The van der Waals surface area contributed by atoms with Gasteiger partial charge in [-0.05, 0) is 25.0 Å². The van der Waals surface area contributed by atoms with Crippen molar-refractivity contribution in [2.75, 3.05) is 39.3 Å². The van der Waals surface area contributed by atoms with E-state index >= 15 is 0 Å². The van der Waals surface area contributed by atoms with Crippen LogP contribution in [0.3, 0.4) is 0 Å². The van der Waals surface area contributed by atoms with E-state index in [1.807, 2.05) is 11.8 Å². The van der Waals surface area contributed by atoms with Crippen LogP contribution in [0.4, 0.5) is 0 Å². The van der Waals surface area contributed by atoms with Crippen LogP contribution >= 0.6 is 0 Å². The molecule has 0 saturated carbocycles. The van der Waals surface area contributed by atoms with Crippen molar-refractivity contribution in [1.82, 2.24) is 20.1 Å². The minimum absolute atomic E-state index is 0.0587. The molecule has 6 nitrogen and oxygen atoms in total. The Morgan fingerprint density at radius 3 is 2.43 bits per heavy atom. The molecule has 1 saturated heterocycles. The average Bonchev–Trinajstić information content (AvgIpc) is 2.55. The molecule has 0 spiro atoms. The number of rotatable bonds is 5. The zero-order chi connectivity index (χ0) is 16.8. The van der Waals surface area contributed by atoms with Crippen LogP contribution in [0.1, 0.15) is 41.6 Å². The number of carbonyl (C=O) groups excluding carboxylic acids is 2. The Morgan fingerprint density at radius 2 is 1.91 bits per heavy atom. The van der Waals surface area contributed by atoms with E-state index in [0.29, 0.717) is 23.7 Å². The van der Waals surface area contributed by atoms with Crippen molar-refractivity contribution in [1.29, 1.82) is 0 Å². The number of nitrogens with zero attached hydrogens (tertiary/aromatic N) is 3. The van der Waals surface area contributed by atoms with E-state index in [0.717, 1.165) is 32.7 Å². The summed E-state index contributed by atoms with van der Waals surface area (Å²) < 4.78 is 0. The van der Waals surface area contributed by atoms with Crippen LogP contribution in [0.2, 0.25) is 0 Å². The average molecular weight is 318 g/mol. The quantitative estimate of drug-likeness (QED) is 0.887. The smallest absolute Gasteiger partial charge is 0.272 e. The van der Waals surface area contributed by atoms with Gasteiger partial charge >= 0.3 is 0 Å². The first-order valence-electron chi connectivity index (χ1n) is 8.27. The third-order valence-electron chi connectivity index (χ3n) is 3.86. The third kappa shape index (κ3) is 4.76. The first-order chi connectivity index (χ1) is 11.0. The van der Waals surface area contributed by atoms with Crippen LogP contribution in [0.15, 0.2) is 18.3 Å². The summed E-state index contributed by atoms with van der Waals surface area (Å²) in [6, 6.07) is 3.29. The number of piperazine rings is 1. The highest BCUT2D eigenvalue weighted by atomic mass is 16.2. The van der Waals surface area contributed by atoms with Gasteiger partial charge in [0.2, 0.25) is 0 Å². The summed E-state index contributed by atoms with van der Waals surface area (Å²) in [5, 5.41) is 2.71. The van der Waals surface area contributed by atoms with Gasteiger partial charge in [-0.25, -0.2) is 0 Å². The molecule has 1 N–H and O–H groups in total. The molecule has 0 unspecified atom stereocenters. The maximum atomic E-state index is 12.5. The molecule has 0 radical (unpaired) electrons. The van der Waals surface area contributed by atoms with E-state index in [-0.39, 0.29) is 11.8 Å². The molecule has 0 atom stereocenters. The molecule has 1 aliphatic rings. The summed E-state index contributed by atoms with van der Waals surface area (Å²) in [5.74, 6) is 0.415. The molecule has 2 heterocycles. The zero-order valence-electron chi connectivity index (χ0n) is 14.2. The van der Waals surface area contributed by atoms with Crippen molar-refractivity contribution in [3.8, 4) is 0 Å². The molecule has 23 heavy (non-hydrogen) atoms. The largest absolute Gasteiger partial charge is 0.352 e. The van der Waals surface area contributed by atoms with Crippen molar-refractivity contribution < 1.29 is 9.59 Å². The fourth-order valence-electron chi connectivity index (χ4n) is 2.73. The number of hydrogen-bond acceptors (Lipinski definition) is 4. The Labute approximate surface area is 137 Å². The van der Waals surface area contributed by atoms with Gasteiger partial charge in [0.1, 0.15) is 5.69 Å². The predicted octanol–water partition coefficient (Wildman–Crippen LogP) is 1.25. The highest BCUT2D eigenvalue weighted by Gasteiger charge is 2.23. The summed E-state index contributed by atoms with van der Waals surface area (Å²) >= 11 is 0. The number of carbonyl (C=O) groups is 2. The first kappa shape index (κ1) is 17.4. The lowest BCUT2D eigenvalue weighted by Crippen LogP contribution is -2.49. The maximum Gasteiger partial charge on any atom is 0.272 e. The summed E-state index contributed by atoms with van der Waals surface area (Å²) in [7, 11) is 0. The molecule has 0 bridgehead atoms. The topological polar surface area (TPSA) is 65.5 Å². The van der Waals surface area contributed by atoms with E-state index in [1.165, 1.54) is 6.20 Å². The molecule has 6 heteroatoms. The third-order valence-corrected chi connectivity index (χ3v) is 3.86. The van der Waals surface area contributed by atoms with Crippen LogP contribution < -0.4 is 5.32 Å². The number of nitrogens with one attached hydrogen (secondary N) is 1. The molecule has 1 aromatic heterocycles. The second-order valence-electron chi connectivity index (χ2n) is 6.28. The van der Waals surface area contributed by atoms with Gasteiger partial charge in [0, 0.05) is 45.5 Å². The number of aromatic nitrogens is 1. The highest BCUT2D eigenvalue weighted by molar-refractivity contribution is 5.96. The molecule has 1 aromatic rings. The van der Waals surface area contributed by atoms with Crippen LogP contribution in [0, 0.1) is 5.92 Å². The van der Waals surface area contributed by atoms with E-state index in [2.05, 4.69) is 29.0 Å². The van der Waals surface area contributed by atoms with Crippen molar-refractivity contribution in [3.05, 3.63) is 29.6 Å². The van der Waals surface area contributed by atoms with E-state index in [1.54, 1.807) is 12.1 Å². The monoisotopic (exact) mass is 318 g/mol. The van der Waals surface area contributed by atoms with Gasteiger partial charge in [-0.3, -0.25) is 19.5 Å². The molecule has 2 rings (SSSR count). The highest BCUT2D eigenvalue weighted by Crippen LogP contribution is 2.09. The van der Waals surface area contributed by atoms with Gasteiger partial charge in [-0.15, -0.1) is 0 Å². The molecule has 1 aliphatic heterocycles. The molecule has 1 fully saturated rings. The van der Waals surface area contributed by atoms with Crippen LogP contribution in [-0.2, 0) is 0 Å². The number of pyridine rings is 1. The summed E-state index contributed by atoms with van der Waals surface area (Å²) in [5.41, 5.74) is 0.875. The van der Waals surface area contributed by atoms with Crippen LogP contribution in [-0.4, -0.2) is 65.9 Å². The second-order valence-corrected chi connectivity index (χ2v) is 6.28. The summed E-state index contributed by atoms with van der Waals surface area (Å²) in [4.78, 5) is 32.6. The molecule has 0 aromatic carbocycles. The molecule has 0 aliphatic carbocycles. The van der Waals surface area contributed by atoms with Crippen LogP contribution in [0.5, 0.6) is 0 Å². The Bertz CT molecular complexity index is 534. The number of hydrogen-bond donors (Lipinski definition) is 1. The standard InChI is InChI=1S/C17H26N4O2/c1-4-18-16(22)14-5-6-15(19-11-14)17(23)21-9-7-20(8-10-21)12-13(2)3/h5-6,11,13H,4,7-10,12H2,1-3H3,(H,18,22). The Balaban J connectivity index is 1.92. The Hall–Kier alpha value is -1.95. The van der Waals surface area contributed by atoms with Crippen molar-refractivity contribution in [2.24, 2.45) is 5.92 Å². The predicted molar refractivity (Wildman–Crippen MR) is 89.4 cm³/mol. The van der Waals surface area contributed by atoms with E-state index < -0.39 is 0 Å². The Kier molecular flexibility index (Phi) is 6.10. The fourth-order valence-corrected chi connectivity index (χ4v) is 2.73. The van der Waals surface area contributed by atoms with E-state index in [9.17, 15) is 9.59 Å². The molecule has 126 valence electrons. The first-order valence-corrected chi connectivity index (χ1v) is 8.27. The lowest BCUT2D eigenvalue weighted by Gasteiger charge is -2.35. The normalized spacial score (nSPS) is 15.7. The minimum Gasteiger partial charge on any atom is -0.352 e. The maximum absolute atomic E-state index is 12.5. The minimum atomic E-state index is -0.165. The van der Waals surface area contributed by atoms with E-state index in [4.69, 9.17) is 0 Å². The van der Waals surface area contributed by atoms with Crippen molar-refractivity contribution >= 4 is 11.8 Å². The van der Waals surface area contributed by atoms with Crippen LogP contribution in [0.25, 0.3) is 0 Å². The lowest BCUT2D eigenvalue weighted by atomic mass is 10.2.